The fraction of sp³-hybridized carbons (Fsp3) is 0.625. The van der Waals surface area contributed by atoms with Crippen LogP contribution in [0.1, 0.15) is 44.2 Å². The number of rotatable bonds is 7. The van der Waals surface area contributed by atoms with E-state index >= 15 is 0 Å². The molecule has 1 saturated heterocycles. The lowest BCUT2D eigenvalue weighted by molar-refractivity contribution is 0.327. The molecule has 2 nitrogen and oxygen atoms in total. The normalized spacial score (nSPS) is 17.8. The van der Waals surface area contributed by atoms with E-state index in [-0.39, 0.29) is 0 Å². The van der Waals surface area contributed by atoms with Crippen LogP contribution in [0.2, 0.25) is 5.02 Å². The zero-order chi connectivity index (χ0) is 13.5. The Hall–Kier alpha value is -0.570. The highest BCUT2D eigenvalue weighted by Gasteiger charge is 2.11. The Morgan fingerprint density at radius 3 is 2.53 bits per heavy atom. The van der Waals surface area contributed by atoms with E-state index in [0.29, 0.717) is 6.04 Å². The van der Waals surface area contributed by atoms with Crippen LogP contribution in [0.3, 0.4) is 0 Å². The first-order valence-electron chi connectivity index (χ1n) is 7.51. The zero-order valence-corrected chi connectivity index (χ0v) is 12.6. The van der Waals surface area contributed by atoms with Crippen molar-refractivity contribution in [2.75, 3.05) is 26.2 Å². The Balaban J connectivity index is 1.71. The van der Waals surface area contributed by atoms with Gasteiger partial charge in [0, 0.05) is 11.1 Å². The summed E-state index contributed by atoms with van der Waals surface area (Å²) in [4.78, 5) is 2.57. The molecule has 0 aromatic heterocycles. The summed E-state index contributed by atoms with van der Waals surface area (Å²) >= 11 is 5.93. The van der Waals surface area contributed by atoms with Gasteiger partial charge in [-0.15, -0.1) is 0 Å². The van der Waals surface area contributed by atoms with Crippen molar-refractivity contribution in [3.63, 3.8) is 0 Å². The molecule has 0 radical (unpaired) electrons. The van der Waals surface area contributed by atoms with Crippen molar-refractivity contribution in [3.8, 4) is 0 Å². The molecule has 1 aromatic carbocycles. The van der Waals surface area contributed by atoms with Crippen LogP contribution in [0, 0.1) is 0 Å². The summed E-state index contributed by atoms with van der Waals surface area (Å²) in [6.45, 7) is 7.16. The maximum atomic E-state index is 5.93. The third-order valence-corrected chi connectivity index (χ3v) is 4.17. The maximum absolute atomic E-state index is 5.93. The van der Waals surface area contributed by atoms with E-state index in [1.165, 1.54) is 44.5 Å². The molecule has 19 heavy (non-hydrogen) atoms. The molecule has 0 bridgehead atoms. The lowest BCUT2D eigenvalue weighted by atomic mass is 10.0. The summed E-state index contributed by atoms with van der Waals surface area (Å²) in [5.74, 6) is 0. The van der Waals surface area contributed by atoms with Crippen molar-refractivity contribution < 1.29 is 0 Å². The summed E-state index contributed by atoms with van der Waals surface area (Å²) in [5.41, 5.74) is 1.34. The van der Waals surface area contributed by atoms with Crippen molar-refractivity contribution in [2.24, 2.45) is 0 Å². The smallest absolute Gasteiger partial charge is 0.0406 e. The van der Waals surface area contributed by atoms with Gasteiger partial charge in [-0.2, -0.15) is 0 Å². The first-order chi connectivity index (χ1) is 9.29. The minimum absolute atomic E-state index is 0.454. The van der Waals surface area contributed by atoms with Gasteiger partial charge in [-0.05, 0) is 69.6 Å². The van der Waals surface area contributed by atoms with Gasteiger partial charge >= 0.3 is 0 Å². The quantitative estimate of drug-likeness (QED) is 0.763. The highest BCUT2D eigenvalue weighted by atomic mass is 35.5. The van der Waals surface area contributed by atoms with Crippen LogP contribution in [0.4, 0.5) is 0 Å². The van der Waals surface area contributed by atoms with Gasteiger partial charge in [-0.25, -0.2) is 0 Å². The highest BCUT2D eigenvalue weighted by molar-refractivity contribution is 6.30. The highest BCUT2D eigenvalue weighted by Crippen LogP contribution is 2.19. The van der Waals surface area contributed by atoms with Crippen LogP contribution >= 0.6 is 11.6 Å². The van der Waals surface area contributed by atoms with Crippen LogP contribution in [-0.4, -0.2) is 31.1 Å². The second-order valence-corrected chi connectivity index (χ2v) is 5.81. The first kappa shape index (κ1) is 14.8. The third-order valence-electron chi connectivity index (χ3n) is 3.92. The number of nitrogens with zero attached hydrogens (tertiary/aromatic N) is 1. The van der Waals surface area contributed by atoms with E-state index in [0.717, 1.165) is 18.0 Å². The first-order valence-corrected chi connectivity index (χ1v) is 7.88. The Bertz CT molecular complexity index is 358. The number of likely N-dealkylation sites (tertiary alicyclic amines) is 1. The van der Waals surface area contributed by atoms with Gasteiger partial charge in [0.15, 0.2) is 0 Å². The second-order valence-electron chi connectivity index (χ2n) is 5.37. The van der Waals surface area contributed by atoms with Crippen molar-refractivity contribution in [1.82, 2.24) is 10.2 Å². The molecule has 1 heterocycles. The Morgan fingerprint density at radius 2 is 1.89 bits per heavy atom. The van der Waals surface area contributed by atoms with Crippen LogP contribution in [0.15, 0.2) is 24.3 Å². The van der Waals surface area contributed by atoms with Gasteiger partial charge in [0.1, 0.15) is 0 Å². The van der Waals surface area contributed by atoms with E-state index in [1.54, 1.807) is 0 Å². The minimum atomic E-state index is 0.454. The number of halogens is 1. The van der Waals surface area contributed by atoms with E-state index in [2.05, 4.69) is 29.3 Å². The fourth-order valence-corrected chi connectivity index (χ4v) is 2.90. The zero-order valence-electron chi connectivity index (χ0n) is 11.9. The molecule has 1 atom stereocenters. The predicted octanol–water partition coefficient (Wildman–Crippen LogP) is 3.87. The van der Waals surface area contributed by atoms with Gasteiger partial charge in [-0.3, -0.25) is 0 Å². The molecule has 0 spiro atoms. The molecule has 1 aliphatic rings. The maximum Gasteiger partial charge on any atom is 0.0406 e. The summed E-state index contributed by atoms with van der Waals surface area (Å²) < 4.78 is 0. The Kier molecular flexibility index (Phi) is 6.15. The van der Waals surface area contributed by atoms with Crippen LogP contribution in [0.5, 0.6) is 0 Å². The van der Waals surface area contributed by atoms with Crippen molar-refractivity contribution >= 4 is 11.6 Å². The molecule has 106 valence electrons. The third kappa shape index (κ3) is 4.79. The van der Waals surface area contributed by atoms with E-state index in [1.807, 2.05) is 12.1 Å². The average molecular weight is 281 g/mol. The van der Waals surface area contributed by atoms with Crippen molar-refractivity contribution in [1.29, 1.82) is 0 Å². The number of nitrogens with one attached hydrogen (secondary N) is 1. The number of hydrogen-bond acceptors (Lipinski definition) is 2. The molecule has 3 heteroatoms. The molecule has 2 rings (SSSR count). The van der Waals surface area contributed by atoms with Gasteiger partial charge in [0.2, 0.25) is 0 Å². The topological polar surface area (TPSA) is 15.3 Å². The minimum Gasteiger partial charge on any atom is -0.310 e. The molecule has 0 aliphatic carbocycles. The average Bonchev–Trinajstić information content (AvgIpc) is 2.93. The van der Waals surface area contributed by atoms with E-state index in [9.17, 15) is 0 Å². The summed E-state index contributed by atoms with van der Waals surface area (Å²) in [6.07, 6.45) is 5.13. The SMILES string of the molecule is CCC(NCCCN1CCCC1)c1ccc(Cl)cc1. The Labute approximate surface area is 122 Å². The molecule has 1 fully saturated rings. The van der Waals surface area contributed by atoms with Crippen LogP contribution < -0.4 is 5.32 Å². The molecule has 0 amide bonds. The standard InChI is InChI=1S/C16H25ClN2/c1-2-16(14-6-8-15(17)9-7-14)18-10-5-13-19-11-3-4-12-19/h6-9,16,18H,2-5,10-13H2,1H3. The van der Waals surface area contributed by atoms with Gasteiger partial charge in [0.25, 0.3) is 0 Å². The number of benzene rings is 1. The monoisotopic (exact) mass is 280 g/mol. The summed E-state index contributed by atoms with van der Waals surface area (Å²) in [6, 6.07) is 8.67. The van der Waals surface area contributed by atoms with Crippen LogP contribution in [-0.2, 0) is 0 Å². The van der Waals surface area contributed by atoms with E-state index < -0.39 is 0 Å². The summed E-state index contributed by atoms with van der Waals surface area (Å²) in [7, 11) is 0. The molecule has 1 aromatic rings. The molecule has 0 saturated carbocycles. The number of hydrogen-bond donors (Lipinski definition) is 1. The fourth-order valence-electron chi connectivity index (χ4n) is 2.78. The molecular formula is C16H25ClN2. The van der Waals surface area contributed by atoms with E-state index in [4.69, 9.17) is 11.6 Å². The van der Waals surface area contributed by atoms with Crippen molar-refractivity contribution in [2.45, 2.75) is 38.6 Å². The lowest BCUT2D eigenvalue weighted by Crippen LogP contribution is -2.27. The lowest BCUT2D eigenvalue weighted by Gasteiger charge is -2.19. The van der Waals surface area contributed by atoms with Gasteiger partial charge in [0.05, 0.1) is 0 Å². The van der Waals surface area contributed by atoms with Crippen molar-refractivity contribution in [3.05, 3.63) is 34.9 Å². The molecular weight excluding hydrogens is 256 g/mol. The second kappa shape index (κ2) is 7.88. The van der Waals surface area contributed by atoms with Gasteiger partial charge in [-0.1, -0.05) is 30.7 Å². The predicted molar refractivity (Wildman–Crippen MR) is 82.8 cm³/mol. The molecule has 1 N–H and O–H groups in total. The Morgan fingerprint density at radius 1 is 1.21 bits per heavy atom. The largest absolute Gasteiger partial charge is 0.310 e. The molecule has 1 aliphatic heterocycles. The molecule has 1 unspecified atom stereocenters. The van der Waals surface area contributed by atoms with Gasteiger partial charge < -0.3 is 10.2 Å². The summed E-state index contributed by atoms with van der Waals surface area (Å²) in [5, 5.41) is 4.47. The van der Waals surface area contributed by atoms with Crippen LogP contribution in [0.25, 0.3) is 0 Å².